The Morgan fingerprint density at radius 1 is 1.06 bits per heavy atom. The topological polar surface area (TPSA) is 66.8 Å². The highest BCUT2D eigenvalue weighted by Crippen LogP contribution is 2.45. The van der Waals surface area contributed by atoms with Crippen LogP contribution in [0.15, 0.2) is 66.2 Å². The van der Waals surface area contributed by atoms with Gasteiger partial charge in [-0.2, -0.15) is 13.2 Å². The fourth-order valence-corrected chi connectivity index (χ4v) is 4.51. The van der Waals surface area contributed by atoms with Gasteiger partial charge >= 0.3 is 6.18 Å². The van der Waals surface area contributed by atoms with Crippen molar-refractivity contribution < 1.29 is 37.0 Å². The molecule has 5 nitrogen and oxygen atoms in total. The number of nitrogens with zero attached hydrogens (tertiary/aromatic N) is 1. The summed E-state index contributed by atoms with van der Waals surface area (Å²) >= 11 is 6.23. The molecule has 1 amide bonds. The van der Waals surface area contributed by atoms with E-state index in [1.54, 1.807) is 13.0 Å². The highest BCUT2D eigenvalue weighted by molar-refractivity contribution is 6.51. The first kappa shape index (κ1) is 25.2. The van der Waals surface area contributed by atoms with Crippen LogP contribution in [0, 0.1) is 12.7 Å². The van der Waals surface area contributed by atoms with Crippen LogP contribution in [0.4, 0.5) is 23.2 Å². The number of carbonyl (C=O) groups is 2. The van der Waals surface area contributed by atoms with Crippen molar-refractivity contribution in [3.8, 4) is 5.75 Å². The number of amides is 1. The van der Waals surface area contributed by atoms with Crippen molar-refractivity contribution in [3.63, 3.8) is 0 Å². The SMILES string of the molecule is COc1c(Cl)cc(C)cc1/C(O)=C1\C(=O)C(=O)N(c2ccc(C(F)(F)F)cc2)C1c1ccccc1F. The van der Waals surface area contributed by atoms with Crippen molar-refractivity contribution in [2.24, 2.45) is 0 Å². The first-order chi connectivity index (χ1) is 17.0. The summed E-state index contributed by atoms with van der Waals surface area (Å²) < 4.78 is 59.5. The lowest BCUT2D eigenvalue weighted by molar-refractivity contribution is -0.137. The average Bonchev–Trinajstić information content (AvgIpc) is 3.08. The van der Waals surface area contributed by atoms with Gasteiger partial charge in [-0.3, -0.25) is 14.5 Å². The van der Waals surface area contributed by atoms with Crippen molar-refractivity contribution >= 4 is 34.7 Å². The standard InChI is InChI=1S/C26H18ClF4NO4/c1-13-11-17(24(36-2)18(27)12-13)22(33)20-21(16-5-3-4-6-19(16)28)32(25(35)23(20)34)15-9-7-14(8-10-15)26(29,30)31/h3-12,21,33H,1-2H3/b22-20+. The van der Waals surface area contributed by atoms with E-state index in [1.165, 1.54) is 31.4 Å². The van der Waals surface area contributed by atoms with Gasteiger partial charge in [0.1, 0.15) is 17.3 Å². The molecule has 1 aliphatic rings. The predicted octanol–water partition coefficient (Wildman–Crippen LogP) is 6.44. The average molecular weight is 520 g/mol. The maximum atomic E-state index is 15.0. The number of alkyl halides is 3. The van der Waals surface area contributed by atoms with E-state index in [2.05, 4.69) is 0 Å². The van der Waals surface area contributed by atoms with E-state index >= 15 is 0 Å². The van der Waals surface area contributed by atoms with E-state index in [9.17, 15) is 32.3 Å². The summed E-state index contributed by atoms with van der Waals surface area (Å²) in [7, 11) is 1.29. The third-order valence-corrected chi connectivity index (χ3v) is 6.04. The van der Waals surface area contributed by atoms with E-state index in [0.717, 1.165) is 35.2 Å². The van der Waals surface area contributed by atoms with Crippen molar-refractivity contribution in [1.29, 1.82) is 0 Å². The van der Waals surface area contributed by atoms with Gasteiger partial charge in [-0.15, -0.1) is 0 Å². The normalized spacial score (nSPS) is 17.5. The maximum Gasteiger partial charge on any atom is 0.416 e. The summed E-state index contributed by atoms with van der Waals surface area (Å²) in [6.45, 7) is 1.68. The number of aliphatic hydroxyl groups excluding tert-OH is 1. The van der Waals surface area contributed by atoms with Gasteiger partial charge in [-0.1, -0.05) is 29.8 Å². The summed E-state index contributed by atoms with van der Waals surface area (Å²) in [5.41, 5.74) is -1.08. The third kappa shape index (κ3) is 4.30. The van der Waals surface area contributed by atoms with Crippen LogP contribution in [0.1, 0.15) is 28.3 Å². The number of benzene rings is 3. The molecule has 186 valence electrons. The molecule has 1 aliphatic heterocycles. The second-order valence-corrected chi connectivity index (χ2v) is 8.47. The number of rotatable bonds is 4. The molecule has 36 heavy (non-hydrogen) atoms. The number of anilines is 1. The monoisotopic (exact) mass is 519 g/mol. The second kappa shape index (κ2) is 9.31. The van der Waals surface area contributed by atoms with Crippen molar-refractivity contribution in [2.45, 2.75) is 19.1 Å². The van der Waals surface area contributed by atoms with Gasteiger partial charge in [0, 0.05) is 11.3 Å². The summed E-state index contributed by atoms with van der Waals surface area (Å²) in [6.07, 6.45) is -4.63. The molecule has 10 heteroatoms. The maximum absolute atomic E-state index is 15.0. The molecule has 3 aromatic rings. The van der Waals surface area contributed by atoms with E-state index in [1.807, 2.05) is 0 Å². The molecular formula is C26H18ClF4NO4. The zero-order valence-corrected chi connectivity index (χ0v) is 19.6. The fraction of sp³-hybridized carbons (Fsp3) is 0.154. The number of aryl methyl sites for hydroxylation is 1. The van der Waals surface area contributed by atoms with Gasteiger partial charge in [-0.05, 0) is 55.0 Å². The van der Waals surface area contributed by atoms with Gasteiger partial charge in [-0.25, -0.2) is 4.39 Å². The molecule has 0 bridgehead atoms. The van der Waals surface area contributed by atoms with Crippen LogP contribution < -0.4 is 9.64 Å². The Bertz CT molecular complexity index is 1400. The lowest BCUT2D eigenvalue weighted by Gasteiger charge is -2.26. The summed E-state index contributed by atoms with van der Waals surface area (Å²) in [4.78, 5) is 27.2. The molecule has 1 atom stereocenters. The van der Waals surface area contributed by atoms with Crippen LogP contribution in [0.2, 0.25) is 5.02 Å². The zero-order chi connectivity index (χ0) is 26.4. The molecule has 1 heterocycles. The number of hydrogen-bond donors (Lipinski definition) is 1. The van der Waals surface area contributed by atoms with E-state index < -0.39 is 46.6 Å². The molecular weight excluding hydrogens is 502 g/mol. The molecule has 0 radical (unpaired) electrons. The van der Waals surface area contributed by atoms with Crippen LogP contribution >= 0.6 is 11.6 Å². The minimum absolute atomic E-state index is 0.00532. The lowest BCUT2D eigenvalue weighted by Crippen LogP contribution is -2.30. The highest BCUT2D eigenvalue weighted by Gasteiger charge is 2.48. The molecule has 0 spiro atoms. The second-order valence-electron chi connectivity index (χ2n) is 8.06. The van der Waals surface area contributed by atoms with Crippen molar-refractivity contribution in [1.82, 2.24) is 0 Å². The molecule has 4 rings (SSSR count). The van der Waals surface area contributed by atoms with Crippen LogP contribution in [0.3, 0.4) is 0 Å². The number of methoxy groups -OCH3 is 1. The molecule has 1 unspecified atom stereocenters. The summed E-state index contributed by atoms with van der Waals surface area (Å²) in [5, 5.41) is 11.4. The highest BCUT2D eigenvalue weighted by atomic mass is 35.5. The van der Waals surface area contributed by atoms with Crippen molar-refractivity contribution in [2.75, 3.05) is 12.0 Å². The molecule has 0 aliphatic carbocycles. The predicted molar refractivity (Wildman–Crippen MR) is 125 cm³/mol. The molecule has 0 aromatic heterocycles. The summed E-state index contributed by atoms with van der Waals surface area (Å²) in [6, 6.07) is 10.3. The Morgan fingerprint density at radius 2 is 1.69 bits per heavy atom. The fourth-order valence-electron chi connectivity index (χ4n) is 4.16. The van der Waals surface area contributed by atoms with Gasteiger partial charge in [0.2, 0.25) is 0 Å². The van der Waals surface area contributed by atoms with Crippen molar-refractivity contribution in [3.05, 3.63) is 99.3 Å². The number of hydrogen-bond acceptors (Lipinski definition) is 4. The largest absolute Gasteiger partial charge is 0.507 e. The smallest absolute Gasteiger partial charge is 0.416 e. The lowest BCUT2D eigenvalue weighted by atomic mass is 9.94. The Morgan fingerprint density at radius 3 is 2.28 bits per heavy atom. The number of ketones is 1. The van der Waals surface area contributed by atoms with Crippen LogP contribution in [0.25, 0.3) is 5.76 Å². The van der Waals surface area contributed by atoms with E-state index in [0.29, 0.717) is 5.56 Å². The number of Topliss-reactive ketones (excluding diaryl/α,β-unsaturated/α-hetero) is 1. The Hall–Kier alpha value is -3.85. The number of aliphatic hydroxyl groups is 1. The van der Waals surface area contributed by atoms with Gasteiger partial charge < -0.3 is 9.84 Å². The number of halogens is 5. The molecule has 1 fully saturated rings. The third-order valence-electron chi connectivity index (χ3n) is 5.76. The number of ether oxygens (including phenoxy) is 1. The Kier molecular flexibility index (Phi) is 6.53. The molecule has 1 saturated heterocycles. The number of carbonyl (C=O) groups excluding carboxylic acids is 2. The van der Waals surface area contributed by atoms with E-state index in [4.69, 9.17) is 16.3 Å². The van der Waals surface area contributed by atoms with Gasteiger partial charge in [0.15, 0.2) is 0 Å². The Labute approximate surface area is 208 Å². The van der Waals surface area contributed by atoms with Gasteiger partial charge in [0.05, 0.1) is 34.9 Å². The minimum atomic E-state index is -4.63. The first-order valence-corrected chi connectivity index (χ1v) is 10.9. The quantitative estimate of drug-likeness (QED) is 0.186. The first-order valence-electron chi connectivity index (χ1n) is 10.5. The zero-order valence-electron chi connectivity index (χ0n) is 18.9. The minimum Gasteiger partial charge on any atom is -0.507 e. The summed E-state index contributed by atoms with van der Waals surface area (Å²) in [5.74, 6) is -3.74. The molecule has 1 N–H and O–H groups in total. The van der Waals surface area contributed by atoms with Crippen LogP contribution in [-0.4, -0.2) is 23.9 Å². The Balaban J connectivity index is 1.99. The molecule has 0 saturated carbocycles. The van der Waals surface area contributed by atoms with Crippen LogP contribution in [0.5, 0.6) is 5.75 Å². The van der Waals surface area contributed by atoms with E-state index in [-0.39, 0.29) is 27.6 Å². The molecule has 3 aromatic carbocycles. The van der Waals surface area contributed by atoms with Crippen LogP contribution in [-0.2, 0) is 15.8 Å². The van der Waals surface area contributed by atoms with Gasteiger partial charge in [0.25, 0.3) is 11.7 Å².